The van der Waals surface area contributed by atoms with Gasteiger partial charge in [-0.15, -0.1) is 11.8 Å². The first kappa shape index (κ1) is 16.6. The van der Waals surface area contributed by atoms with E-state index in [0.717, 1.165) is 4.90 Å². The van der Waals surface area contributed by atoms with Gasteiger partial charge in [0.1, 0.15) is 0 Å². The van der Waals surface area contributed by atoms with Crippen molar-refractivity contribution < 1.29 is 13.2 Å². The summed E-state index contributed by atoms with van der Waals surface area (Å²) in [6.07, 6.45) is 1.99. The number of benzene rings is 2. The van der Waals surface area contributed by atoms with Crippen LogP contribution in [0.25, 0.3) is 0 Å². The van der Waals surface area contributed by atoms with E-state index >= 15 is 0 Å². The zero-order valence-electron chi connectivity index (χ0n) is 12.4. The molecule has 2 aromatic rings. The van der Waals surface area contributed by atoms with Gasteiger partial charge in [-0.2, -0.15) is 0 Å². The van der Waals surface area contributed by atoms with Crippen molar-refractivity contribution in [3.8, 4) is 0 Å². The highest BCUT2D eigenvalue weighted by Crippen LogP contribution is 2.18. The number of carbonyl (C=O) groups is 1. The van der Waals surface area contributed by atoms with Gasteiger partial charge in [0.15, 0.2) is 9.84 Å². The van der Waals surface area contributed by atoms with Gasteiger partial charge in [-0.25, -0.2) is 8.42 Å². The van der Waals surface area contributed by atoms with Crippen LogP contribution in [0.1, 0.15) is 17.3 Å². The molecule has 1 amide bonds. The van der Waals surface area contributed by atoms with E-state index in [4.69, 9.17) is 0 Å². The van der Waals surface area contributed by atoms with Crippen LogP contribution in [0, 0.1) is 0 Å². The number of hydrogen-bond donors (Lipinski definition) is 1. The number of sulfone groups is 1. The molecule has 0 aromatic heterocycles. The first-order valence-corrected chi connectivity index (χ1v) is 9.62. The molecule has 0 spiro atoms. The molecule has 0 aliphatic heterocycles. The van der Waals surface area contributed by atoms with Gasteiger partial charge < -0.3 is 5.32 Å². The summed E-state index contributed by atoms with van der Waals surface area (Å²) >= 11 is 1.63. The second kappa shape index (κ2) is 6.98. The molecule has 0 saturated carbocycles. The van der Waals surface area contributed by atoms with Crippen molar-refractivity contribution in [1.29, 1.82) is 0 Å². The van der Waals surface area contributed by atoms with Gasteiger partial charge in [-0.1, -0.05) is 6.92 Å². The normalized spacial score (nSPS) is 11.2. The van der Waals surface area contributed by atoms with Crippen LogP contribution < -0.4 is 5.32 Å². The Morgan fingerprint density at radius 3 is 2.14 bits per heavy atom. The highest BCUT2D eigenvalue weighted by atomic mass is 32.2. The largest absolute Gasteiger partial charge is 0.322 e. The molecule has 0 aliphatic carbocycles. The number of amides is 1. The third-order valence-electron chi connectivity index (χ3n) is 3.20. The predicted molar refractivity (Wildman–Crippen MR) is 90.3 cm³/mol. The maximum Gasteiger partial charge on any atom is 0.255 e. The SMILES string of the molecule is CCS(=O)(=O)c1ccc(C(=O)Nc2ccc(SC)cc2)cc1. The lowest BCUT2D eigenvalue weighted by Gasteiger charge is -2.07. The number of rotatable bonds is 5. The van der Waals surface area contributed by atoms with Crippen LogP contribution in [-0.2, 0) is 9.84 Å². The minimum atomic E-state index is -3.24. The average Bonchev–Trinajstić information content (AvgIpc) is 2.55. The monoisotopic (exact) mass is 335 g/mol. The molecule has 2 rings (SSSR count). The van der Waals surface area contributed by atoms with E-state index in [1.54, 1.807) is 18.7 Å². The van der Waals surface area contributed by atoms with Crippen molar-refractivity contribution >= 4 is 33.2 Å². The second-order valence-corrected chi connectivity index (χ2v) is 7.77. The predicted octanol–water partition coefficient (Wildman–Crippen LogP) is 3.45. The van der Waals surface area contributed by atoms with Crippen molar-refractivity contribution in [3.63, 3.8) is 0 Å². The van der Waals surface area contributed by atoms with Crippen molar-refractivity contribution in [2.45, 2.75) is 16.7 Å². The Labute approximate surface area is 134 Å². The van der Waals surface area contributed by atoms with Crippen LogP contribution in [0.3, 0.4) is 0 Å². The molecule has 0 heterocycles. The van der Waals surface area contributed by atoms with Crippen molar-refractivity contribution in [3.05, 3.63) is 54.1 Å². The first-order chi connectivity index (χ1) is 10.5. The summed E-state index contributed by atoms with van der Waals surface area (Å²) in [5.41, 5.74) is 1.12. The molecular weight excluding hydrogens is 318 g/mol. The molecule has 4 nitrogen and oxygen atoms in total. The van der Waals surface area contributed by atoms with Gasteiger partial charge in [0.05, 0.1) is 10.6 Å². The number of carbonyl (C=O) groups excluding carboxylic acids is 1. The minimum Gasteiger partial charge on any atom is -0.322 e. The van der Waals surface area contributed by atoms with E-state index in [-0.39, 0.29) is 16.6 Å². The second-order valence-electron chi connectivity index (χ2n) is 4.61. The molecule has 0 saturated heterocycles. The molecule has 22 heavy (non-hydrogen) atoms. The van der Waals surface area contributed by atoms with Crippen LogP contribution in [0.2, 0.25) is 0 Å². The van der Waals surface area contributed by atoms with Crippen LogP contribution in [0.5, 0.6) is 0 Å². The molecule has 1 N–H and O–H groups in total. The summed E-state index contributed by atoms with van der Waals surface area (Å²) < 4.78 is 23.5. The summed E-state index contributed by atoms with van der Waals surface area (Å²) in [6, 6.07) is 13.5. The zero-order chi connectivity index (χ0) is 16.2. The van der Waals surface area contributed by atoms with E-state index in [9.17, 15) is 13.2 Å². The summed E-state index contributed by atoms with van der Waals surface area (Å²) in [4.78, 5) is 13.5. The topological polar surface area (TPSA) is 63.2 Å². The minimum absolute atomic E-state index is 0.0420. The molecule has 0 aliphatic rings. The first-order valence-electron chi connectivity index (χ1n) is 6.74. The number of hydrogen-bond acceptors (Lipinski definition) is 4. The third kappa shape index (κ3) is 3.90. The molecule has 116 valence electrons. The van der Waals surface area contributed by atoms with E-state index in [2.05, 4.69) is 5.32 Å². The lowest BCUT2D eigenvalue weighted by Crippen LogP contribution is -2.12. The summed E-state index contributed by atoms with van der Waals surface area (Å²) in [5.74, 6) is -0.224. The maximum absolute atomic E-state index is 12.1. The van der Waals surface area contributed by atoms with Crippen LogP contribution >= 0.6 is 11.8 Å². The number of thioether (sulfide) groups is 1. The lowest BCUT2D eigenvalue weighted by atomic mass is 10.2. The van der Waals surface area contributed by atoms with E-state index in [1.165, 1.54) is 24.3 Å². The summed E-state index contributed by atoms with van der Waals surface area (Å²) in [6.45, 7) is 1.59. The molecule has 0 fully saturated rings. The zero-order valence-corrected chi connectivity index (χ0v) is 14.0. The highest BCUT2D eigenvalue weighted by molar-refractivity contribution is 7.98. The van der Waals surface area contributed by atoms with E-state index in [0.29, 0.717) is 11.3 Å². The Morgan fingerprint density at radius 1 is 1.05 bits per heavy atom. The van der Waals surface area contributed by atoms with Crippen LogP contribution in [0.4, 0.5) is 5.69 Å². The average molecular weight is 335 g/mol. The van der Waals surface area contributed by atoms with Gasteiger partial charge in [0, 0.05) is 16.1 Å². The molecule has 0 unspecified atom stereocenters. The van der Waals surface area contributed by atoms with Gasteiger partial charge in [-0.3, -0.25) is 4.79 Å². The van der Waals surface area contributed by atoms with E-state index < -0.39 is 9.84 Å². The fourth-order valence-corrected chi connectivity index (χ4v) is 3.15. The van der Waals surface area contributed by atoms with Crippen LogP contribution in [0.15, 0.2) is 58.3 Å². The van der Waals surface area contributed by atoms with Gasteiger partial charge >= 0.3 is 0 Å². The quantitative estimate of drug-likeness (QED) is 0.850. The fourth-order valence-electron chi connectivity index (χ4n) is 1.86. The van der Waals surface area contributed by atoms with Crippen molar-refractivity contribution in [2.24, 2.45) is 0 Å². The van der Waals surface area contributed by atoms with E-state index in [1.807, 2.05) is 30.5 Å². The summed E-state index contributed by atoms with van der Waals surface area (Å²) in [5, 5.41) is 2.78. The molecule has 2 aromatic carbocycles. The number of nitrogens with one attached hydrogen (secondary N) is 1. The lowest BCUT2D eigenvalue weighted by molar-refractivity contribution is 0.102. The standard InChI is InChI=1S/C16H17NO3S2/c1-3-22(19,20)15-10-4-12(5-11-15)16(18)17-13-6-8-14(21-2)9-7-13/h4-11H,3H2,1-2H3,(H,17,18). The highest BCUT2D eigenvalue weighted by Gasteiger charge is 2.12. The smallest absolute Gasteiger partial charge is 0.255 e. The van der Waals surface area contributed by atoms with Crippen LogP contribution in [-0.4, -0.2) is 26.3 Å². The Bertz CT molecular complexity index is 751. The third-order valence-corrected chi connectivity index (χ3v) is 5.70. The summed E-state index contributed by atoms with van der Waals surface area (Å²) in [7, 11) is -3.24. The fraction of sp³-hybridized carbons (Fsp3) is 0.188. The van der Waals surface area contributed by atoms with Crippen molar-refractivity contribution in [2.75, 3.05) is 17.3 Å². The van der Waals surface area contributed by atoms with Gasteiger partial charge in [-0.05, 0) is 54.8 Å². The Morgan fingerprint density at radius 2 is 1.64 bits per heavy atom. The molecule has 0 atom stereocenters. The van der Waals surface area contributed by atoms with Crippen molar-refractivity contribution in [1.82, 2.24) is 0 Å². The molecule has 0 bridgehead atoms. The van der Waals surface area contributed by atoms with Gasteiger partial charge in [0.2, 0.25) is 0 Å². The molecule has 0 radical (unpaired) electrons. The number of anilines is 1. The Kier molecular flexibility index (Phi) is 5.26. The molecular formula is C16H17NO3S2. The Hall–Kier alpha value is -1.79. The van der Waals surface area contributed by atoms with Gasteiger partial charge in [0.25, 0.3) is 5.91 Å². The molecule has 6 heteroatoms. The Balaban J connectivity index is 2.12. The maximum atomic E-state index is 12.1.